The van der Waals surface area contributed by atoms with Gasteiger partial charge in [0.2, 0.25) is 5.56 Å². The number of aromatic amines is 1. The van der Waals surface area contributed by atoms with Crippen LogP contribution in [0.4, 0.5) is 5.69 Å². The number of pyridine rings is 1. The summed E-state index contributed by atoms with van der Waals surface area (Å²) in [6.45, 7) is 0. The molecule has 0 atom stereocenters. The quantitative estimate of drug-likeness (QED) is 0.745. The predicted molar refractivity (Wildman–Crippen MR) is 73.1 cm³/mol. The van der Waals surface area contributed by atoms with Crippen molar-refractivity contribution in [2.75, 3.05) is 5.32 Å². The standard InChI is InChI=1S/C12H8Cl2N2O3/c13-6-4-7(14)11(18)9(5-6)16-12(19)8-2-1-3-10(17)15-8/h1-5,18H,(H,15,17)(H,16,19). The van der Waals surface area contributed by atoms with E-state index in [0.717, 1.165) is 0 Å². The van der Waals surface area contributed by atoms with Gasteiger partial charge in [-0.2, -0.15) is 0 Å². The number of aromatic nitrogens is 1. The molecule has 0 bridgehead atoms. The summed E-state index contributed by atoms with van der Waals surface area (Å²) in [6.07, 6.45) is 0. The van der Waals surface area contributed by atoms with Crippen LogP contribution in [0.2, 0.25) is 10.0 Å². The van der Waals surface area contributed by atoms with Crippen LogP contribution in [0.25, 0.3) is 0 Å². The predicted octanol–water partition coefficient (Wildman–Crippen LogP) is 2.64. The molecule has 0 aliphatic heterocycles. The number of rotatable bonds is 2. The van der Waals surface area contributed by atoms with E-state index in [4.69, 9.17) is 23.2 Å². The summed E-state index contributed by atoms with van der Waals surface area (Å²) in [6, 6.07) is 6.85. The Bertz CT molecular complexity index is 698. The SMILES string of the molecule is O=C(Nc1cc(Cl)cc(Cl)c1O)c1cccc(=O)[nH]1. The Morgan fingerprint density at radius 2 is 2.00 bits per heavy atom. The number of phenols is 1. The molecule has 0 fully saturated rings. The van der Waals surface area contributed by atoms with Gasteiger partial charge in [0.05, 0.1) is 10.7 Å². The molecule has 0 aliphatic rings. The van der Waals surface area contributed by atoms with Crippen molar-refractivity contribution in [3.8, 4) is 5.75 Å². The second-order valence-corrected chi connectivity index (χ2v) is 4.51. The van der Waals surface area contributed by atoms with Gasteiger partial charge in [-0.1, -0.05) is 29.3 Å². The molecule has 0 aliphatic carbocycles. The fraction of sp³-hybridized carbons (Fsp3) is 0. The Balaban J connectivity index is 2.32. The van der Waals surface area contributed by atoms with E-state index in [1.165, 1.54) is 30.3 Å². The molecule has 0 spiro atoms. The summed E-state index contributed by atoms with van der Waals surface area (Å²) in [5, 5.41) is 12.4. The molecular formula is C12H8Cl2N2O3. The lowest BCUT2D eigenvalue weighted by Gasteiger charge is -2.08. The number of benzene rings is 1. The highest BCUT2D eigenvalue weighted by molar-refractivity contribution is 6.36. The molecule has 1 amide bonds. The zero-order valence-corrected chi connectivity index (χ0v) is 10.9. The van der Waals surface area contributed by atoms with Crippen LogP contribution in [0, 0.1) is 0 Å². The minimum absolute atomic E-state index is 0.0179. The molecule has 3 N–H and O–H groups in total. The van der Waals surface area contributed by atoms with Gasteiger partial charge in [0, 0.05) is 11.1 Å². The first-order valence-corrected chi connectivity index (χ1v) is 5.91. The lowest BCUT2D eigenvalue weighted by atomic mass is 10.2. The van der Waals surface area contributed by atoms with Crippen LogP contribution in [-0.4, -0.2) is 16.0 Å². The van der Waals surface area contributed by atoms with Crippen molar-refractivity contribution >= 4 is 34.8 Å². The number of nitrogens with one attached hydrogen (secondary N) is 2. The number of anilines is 1. The molecule has 0 unspecified atom stereocenters. The molecule has 1 aromatic carbocycles. The number of phenolic OH excluding ortho intramolecular Hbond substituents is 1. The van der Waals surface area contributed by atoms with Crippen LogP contribution in [-0.2, 0) is 0 Å². The summed E-state index contributed by atoms with van der Waals surface area (Å²) in [5.41, 5.74) is -0.281. The van der Waals surface area contributed by atoms with Gasteiger partial charge in [0.1, 0.15) is 5.69 Å². The van der Waals surface area contributed by atoms with Crippen molar-refractivity contribution in [1.82, 2.24) is 4.98 Å². The first kappa shape index (κ1) is 13.5. The number of amides is 1. The van der Waals surface area contributed by atoms with Gasteiger partial charge in [0.15, 0.2) is 5.75 Å². The average molecular weight is 299 g/mol. The molecule has 5 nitrogen and oxygen atoms in total. The van der Waals surface area contributed by atoms with Crippen molar-refractivity contribution in [2.24, 2.45) is 0 Å². The van der Waals surface area contributed by atoms with Gasteiger partial charge in [-0.3, -0.25) is 9.59 Å². The fourth-order valence-corrected chi connectivity index (χ4v) is 1.92. The van der Waals surface area contributed by atoms with Gasteiger partial charge in [-0.05, 0) is 18.2 Å². The van der Waals surface area contributed by atoms with E-state index >= 15 is 0 Å². The smallest absolute Gasteiger partial charge is 0.272 e. The maximum absolute atomic E-state index is 11.9. The summed E-state index contributed by atoms with van der Waals surface area (Å²) >= 11 is 11.5. The highest BCUT2D eigenvalue weighted by atomic mass is 35.5. The number of aromatic hydroxyl groups is 1. The minimum Gasteiger partial charge on any atom is -0.504 e. The Kier molecular flexibility index (Phi) is 3.78. The van der Waals surface area contributed by atoms with E-state index in [1.54, 1.807) is 0 Å². The van der Waals surface area contributed by atoms with Crippen LogP contribution in [0.15, 0.2) is 35.1 Å². The normalized spacial score (nSPS) is 10.2. The molecule has 0 saturated heterocycles. The summed E-state index contributed by atoms with van der Waals surface area (Å²) in [4.78, 5) is 25.3. The Hall–Kier alpha value is -1.98. The number of carbonyl (C=O) groups excluding carboxylic acids is 1. The van der Waals surface area contributed by atoms with E-state index < -0.39 is 11.5 Å². The average Bonchev–Trinajstić information content (AvgIpc) is 2.35. The monoisotopic (exact) mass is 298 g/mol. The van der Waals surface area contributed by atoms with Crippen LogP contribution in [0.5, 0.6) is 5.75 Å². The molecule has 7 heteroatoms. The molecule has 98 valence electrons. The van der Waals surface area contributed by atoms with E-state index in [1.807, 2.05) is 0 Å². The molecule has 1 aromatic heterocycles. The van der Waals surface area contributed by atoms with Crippen molar-refractivity contribution in [3.63, 3.8) is 0 Å². The third-order valence-electron chi connectivity index (χ3n) is 2.29. The molecule has 19 heavy (non-hydrogen) atoms. The van der Waals surface area contributed by atoms with E-state index in [-0.39, 0.29) is 27.2 Å². The highest BCUT2D eigenvalue weighted by Crippen LogP contribution is 2.35. The number of H-pyrrole nitrogens is 1. The third kappa shape index (κ3) is 3.07. The molecule has 2 rings (SSSR count). The van der Waals surface area contributed by atoms with Crippen LogP contribution >= 0.6 is 23.2 Å². The Morgan fingerprint density at radius 1 is 1.26 bits per heavy atom. The number of halogens is 2. The zero-order valence-electron chi connectivity index (χ0n) is 9.41. The molecule has 1 heterocycles. The number of carbonyl (C=O) groups is 1. The molecule has 0 radical (unpaired) electrons. The van der Waals surface area contributed by atoms with Gasteiger partial charge in [-0.25, -0.2) is 0 Å². The maximum atomic E-state index is 11.9. The number of hydrogen-bond donors (Lipinski definition) is 3. The Labute approximate surface area is 117 Å². The Morgan fingerprint density at radius 3 is 2.68 bits per heavy atom. The first-order chi connectivity index (χ1) is 8.97. The van der Waals surface area contributed by atoms with Crippen molar-refractivity contribution < 1.29 is 9.90 Å². The highest BCUT2D eigenvalue weighted by Gasteiger charge is 2.12. The zero-order chi connectivity index (χ0) is 14.0. The summed E-state index contributed by atoms with van der Waals surface area (Å²) < 4.78 is 0. The third-order valence-corrected chi connectivity index (χ3v) is 2.80. The van der Waals surface area contributed by atoms with Crippen LogP contribution < -0.4 is 10.9 Å². The molecule has 2 aromatic rings. The summed E-state index contributed by atoms with van der Waals surface area (Å²) in [7, 11) is 0. The second-order valence-electron chi connectivity index (χ2n) is 3.67. The topological polar surface area (TPSA) is 82.2 Å². The van der Waals surface area contributed by atoms with Gasteiger partial charge >= 0.3 is 0 Å². The van der Waals surface area contributed by atoms with Crippen molar-refractivity contribution in [1.29, 1.82) is 0 Å². The van der Waals surface area contributed by atoms with Crippen LogP contribution in [0.1, 0.15) is 10.5 Å². The molecule has 0 saturated carbocycles. The van der Waals surface area contributed by atoms with Crippen LogP contribution in [0.3, 0.4) is 0 Å². The van der Waals surface area contributed by atoms with E-state index in [9.17, 15) is 14.7 Å². The van der Waals surface area contributed by atoms with Gasteiger partial charge < -0.3 is 15.4 Å². The largest absolute Gasteiger partial charge is 0.504 e. The lowest BCUT2D eigenvalue weighted by Crippen LogP contribution is -2.17. The van der Waals surface area contributed by atoms with Crippen molar-refractivity contribution in [3.05, 3.63) is 56.4 Å². The fourth-order valence-electron chi connectivity index (χ4n) is 1.43. The van der Waals surface area contributed by atoms with Gasteiger partial charge in [-0.15, -0.1) is 0 Å². The van der Waals surface area contributed by atoms with E-state index in [2.05, 4.69) is 10.3 Å². The molecular weight excluding hydrogens is 291 g/mol. The second kappa shape index (κ2) is 5.34. The van der Waals surface area contributed by atoms with E-state index in [0.29, 0.717) is 0 Å². The van der Waals surface area contributed by atoms with Gasteiger partial charge in [0.25, 0.3) is 5.91 Å². The first-order valence-electron chi connectivity index (χ1n) is 5.16. The lowest BCUT2D eigenvalue weighted by molar-refractivity contribution is 0.102. The summed E-state index contributed by atoms with van der Waals surface area (Å²) in [5.74, 6) is -0.885. The minimum atomic E-state index is -0.591. The van der Waals surface area contributed by atoms with Crippen molar-refractivity contribution in [2.45, 2.75) is 0 Å². The number of hydrogen-bond acceptors (Lipinski definition) is 3. The maximum Gasteiger partial charge on any atom is 0.272 e.